The highest BCUT2D eigenvalue weighted by Crippen LogP contribution is 2.30. The maximum atomic E-state index is 12.1. The largest absolute Gasteiger partial charge is 0.493 e. The van der Waals surface area contributed by atoms with E-state index in [9.17, 15) is 4.79 Å². The van der Waals surface area contributed by atoms with Crippen molar-refractivity contribution in [3.8, 4) is 11.5 Å². The van der Waals surface area contributed by atoms with Gasteiger partial charge in [-0.05, 0) is 29.7 Å². The second-order valence-electron chi connectivity index (χ2n) is 5.01. The lowest BCUT2D eigenvalue weighted by Crippen LogP contribution is -2.14. The van der Waals surface area contributed by atoms with E-state index in [-0.39, 0.29) is 11.8 Å². The van der Waals surface area contributed by atoms with Crippen molar-refractivity contribution in [1.29, 1.82) is 0 Å². The molecule has 116 valence electrons. The third-order valence-corrected chi connectivity index (χ3v) is 3.41. The van der Waals surface area contributed by atoms with Crippen LogP contribution in [0.25, 0.3) is 0 Å². The number of methoxy groups -OCH3 is 2. The first kappa shape index (κ1) is 15.8. The van der Waals surface area contributed by atoms with E-state index < -0.39 is 0 Å². The van der Waals surface area contributed by atoms with Gasteiger partial charge in [-0.1, -0.05) is 13.0 Å². The van der Waals surface area contributed by atoms with Gasteiger partial charge in [0.15, 0.2) is 11.5 Å². The molecule has 22 heavy (non-hydrogen) atoms. The van der Waals surface area contributed by atoms with Crippen LogP contribution in [0, 0.1) is 0 Å². The lowest BCUT2D eigenvalue weighted by molar-refractivity contribution is -0.116. The minimum Gasteiger partial charge on any atom is -0.493 e. The van der Waals surface area contributed by atoms with Crippen LogP contribution in [0.3, 0.4) is 0 Å². The third-order valence-electron chi connectivity index (χ3n) is 3.41. The summed E-state index contributed by atoms with van der Waals surface area (Å²) in [5, 5.41) is 2.87. The number of aromatic nitrogens is 1. The average molecular weight is 300 g/mol. The zero-order valence-electron chi connectivity index (χ0n) is 13.0. The monoisotopic (exact) mass is 300 g/mol. The van der Waals surface area contributed by atoms with Crippen molar-refractivity contribution in [2.45, 2.75) is 19.3 Å². The van der Waals surface area contributed by atoms with Crippen LogP contribution in [-0.4, -0.2) is 25.1 Å². The van der Waals surface area contributed by atoms with Crippen LogP contribution in [0.4, 0.5) is 5.69 Å². The molecule has 0 saturated carbocycles. The highest BCUT2D eigenvalue weighted by molar-refractivity contribution is 5.91. The SMILES string of the molecule is COc1ccc(NC(=O)CC(C)c2cccnc2)cc1OC. The molecule has 1 aromatic carbocycles. The first-order valence-corrected chi connectivity index (χ1v) is 7.06. The molecule has 0 bridgehead atoms. The summed E-state index contributed by atoms with van der Waals surface area (Å²) in [6, 6.07) is 9.14. The Hall–Kier alpha value is -2.56. The Morgan fingerprint density at radius 3 is 2.64 bits per heavy atom. The number of carbonyl (C=O) groups excluding carboxylic acids is 1. The summed E-state index contributed by atoms with van der Waals surface area (Å²) in [7, 11) is 3.14. The van der Waals surface area contributed by atoms with E-state index in [1.165, 1.54) is 0 Å². The Bertz CT molecular complexity index is 629. The molecule has 2 rings (SSSR count). The van der Waals surface area contributed by atoms with Crippen molar-refractivity contribution >= 4 is 11.6 Å². The van der Waals surface area contributed by atoms with Crippen LogP contribution in [-0.2, 0) is 4.79 Å². The quantitative estimate of drug-likeness (QED) is 0.889. The summed E-state index contributed by atoms with van der Waals surface area (Å²) in [5.41, 5.74) is 1.73. The average Bonchev–Trinajstić information content (AvgIpc) is 2.55. The molecule has 2 aromatic rings. The fraction of sp³-hybridized carbons (Fsp3) is 0.294. The number of amides is 1. The molecule has 0 aliphatic rings. The van der Waals surface area contributed by atoms with Crippen molar-refractivity contribution in [2.75, 3.05) is 19.5 Å². The van der Waals surface area contributed by atoms with Gasteiger partial charge in [0.05, 0.1) is 14.2 Å². The summed E-state index contributed by atoms with van der Waals surface area (Å²) < 4.78 is 10.4. The number of carbonyl (C=O) groups is 1. The number of nitrogens with zero attached hydrogens (tertiary/aromatic N) is 1. The van der Waals surface area contributed by atoms with Gasteiger partial charge in [0.1, 0.15) is 0 Å². The molecule has 1 amide bonds. The number of hydrogen-bond acceptors (Lipinski definition) is 4. The minimum absolute atomic E-state index is 0.0522. The smallest absolute Gasteiger partial charge is 0.224 e. The Morgan fingerprint density at radius 2 is 2.00 bits per heavy atom. The van der Waals surface area contributed by atoms with E-state index in [0.29, 0.717) is 23.6 Å². The van der Waals surface area contributed by atoms with E-state index in [1.54, 1.807) is 44.8 Å². The van der Waals surface area contributed by atoms with Crippen molar-refractivity contribution < 1.29 is 14.3 Å². The standard InChI is InChI=1S/C17H20N2O3/c1-12(13-5-4-8-18-11-13)9-17(20)19-14-6-7-15(21-2)16(10-14)22-3/h4-8,10-12H,9H2,1-3H3,(H,19,20). The molecule has 1 atom stereocenters. The van der Waals surface area contributed by atoms with Gasteiger partial charge in [0.25, 0.3) is 0 Å². The Morgan fingerprint density at radius 1 is 1.23 bits per heavy atom. The van der Waals surface area contributed by atoms with Crippen LogP contribution < -0.4 is 14.8 Å². The molecular weight excluding hydrogens is 280 g/mol. The second kappa shape index (κ2) is 7.45. The van der Waals surface area contributed by atoms with Crippen molar-refractivity contribution in [3.05, 3.63) is 48.3 Å². The number of anilines is 1. The number of ether oxygens (including phenoxy) is 2. The number of benzene rings is 1. The van der Waals surface area contributed by atoms with E-state index >= 15 is 0 Å². The maximum Gasteiger partial charge on any atom is 0.224 e. The van der Waals surface area contributed by atoms with Crippen LogP contribution in [0.15, 0.2) is 42.7 Å². The first-order chi connectivity index (χ1) is 10.6. The Labute approximate surface area is 130 Å². The molecule has 1 N–H and O–H groups in total. The third kappa shape index (κ3) is 3.97. The highest BCUT2D eigenvalue weighted by Gasteiger charge is 2.12. The zero-order valence-corrected chi connectivity index (χ0v) is 13.0. The van der Waals surface area contributed by atoms with E-state index in [4.69, 9.17) is 9.47 Å². The molecule has 0 fully saturated rings. The van der Waals surface area contributed by atoms with Crippen LogP contribution in [0.2, 0.25) is 0 Å². The van der Waals surface area contributed by atoms with E-state index in [0.717, 1.165) is 5.56 Å². The number of rotatable bonds is 6. The summed E-state index contributed by atoms with van der Waals surface area (Å²) in [5.74, 6) is 1.27. The van der Waals surface area contributed by atoms with E-state index in [2.05, 4.69) is 10.3 Å². The summed E-state index contributed by atoms with van der Waals surface area (Å²) >= 11 is 0. The molecule has 0 radical (unpaired) electrons. The molecule has 1 aromatic heterocycles. The lowest BCUT2D eigenvalue weighted by Gasteiger charge is -2.13. The molecule has 1 unspecified atom stereocenters. The predicted molar refractivity (Wildman–Crippen MR) is 85.4 cm³/mol. The summed E-state index contributed by atoms with van der Waals surface area (Å²) in [4.78, 5) is 16.2. The van der Waals surface area contributed by atoms with Gasteiger partial charge in [0.2, 0.25) is 5.91 Å². The van der Waals surface area contributed by atoms with Crippen molar-refractivity contribution in [3.63, 3.8) is 0 Å². The van der Waals surface area contributed by atoms with Crippen LogP contribution >= 0.6 is 0 Å². The zero-order chi connectivity index (χ0) is 15.9. The van der Waals surface area contributed by atoms with Crippen LogP contribution in [0.5, 0.6) is 11.5 Å². The molecular formula is C17H20N2O3. The number of pyridine rings is 1. The molecule has 0 aliphatic heterocycles. The van der Waals surface area contributed by atoms with Crippen molar-refractivity contribution in [2.24, 2.45) is 0 Å². The van der Waals surface area contributed by atoms with E-state index in [1.807, 2.05) is 19.1 Å². The summed E-state index contributed by atoms with van der Waals surface area (Å²) in [6.07, 6.45) is 3.90. The number of hydrogen-bond donors (Lipinski definition) is 1. The normalized spacial score (nSPS) is 11.6. The van der Waals surface area contributed by atoms with Gasteiger partial charge >= 0.3 is 0 Å². The fourth-order valence-corrected chi connectivity index (χ4v) is 2.19. The lowest BCUT2D eigenvalue weighted by atomic mass is 9.99. The molecule has 0 spiro atoms. The van der Waals surface area contributed by atoms with Crippen LogP contribution in [0.1, 0.15) is 24.8 Å². The minimum atomic E-state index is -0.0522. The van der Waals surface area contributed by atoms with Gasteiger partial charge in [-0.3, -0.25) is 9.78 Å². The predicted octanol–water partition coefficient (Wildman–Crippen LogP) is 3.23. The van der Waals surface area contributed by atoms with Gasteiger partial charge in [-0.2, -0.15) is 0 Å². The maximum absolute atomic E-state index is 12.1. The Kier molecular flexibility index (Phi) is 5.36. The molecule has 5 heteroatoms. The molecule has 5 nitrogen and oxygen atoms in total. The molecule has 0 saturated heterocycles. The van der Waals surface area contributed by atoms with Gasteiger partial charge in [0, 0.05) is 30.6 Å². The van der Waals surface area contributed by atoms with Gasteiger partial charge in [-0.25, -0.2) is 0 Å². The second-order valence-corrected chi connectivity index (χ2v) is 5.01. The fourth-order valence-electron chi connectivity index (χ4n) is 2.19. The highest BCUT2D eigenvalue weighted by atomic mass is 16.5. The molecule has 0 aliphatic carbocycles. The van der Waals surface area contributed by atoms with Gasteiger partial charge < -0.3 is 14.8 Å². The topological polar surface area (TPSA) is 60.5 Å². The van der Waals surface area contributed by atoms with Gasteiger partial charge in [-0.15, -0.1) is 0 Å². The Balaban J connectivity index is 2.00. The summed E-state index contributed by atoms with van der Waals surface area (Å²) in [6.45, 7) is 2.01. The number of nitrogens with one attached hydrogen (secondary N) is 1. The first-order valence-electron chi connectivity index (χ1n) is 7.06. The molecule has 1 heterocycles. The van der Waals surface area contributed by atoms with Crippen molar-refractivity contribution in [1.82, 2.24) is 4.98 Å².